The van der Waals surface area contributed by atoms with Gasteiger partial charge < -0.3 is 5.21 Å². The smallest absolute Gasteiger partial charge is 0.219 e. The van der Waals surface area contributed by atoms with E-state index in [0.717, 1.165) is 22.4 Å². The molecule has 0 aliphatic rings. The third kappa shape index (κ3) is 1.84. The predicted octanol–water partition coefficient (Wildman–Crippen LogP) is 2.13. The van der Waals surface area contributed by atoms with Crippen LogP contribution in [0.3, 0.4) is 0 Å². The molecule has 0 atom stereocenters. The summed E-state index contributed by atoms with van der Waals surface area (Å²) in [5, 5.41) is 11.2. The van der Waals surface area contributed by atoms with Crippen LogP contribution in [0.15, 0.2) is 30.5 Å². The Hall–Kier alpha value is -1.31. The highest BCUT2D eigenvalue weighted by Gasteiger charge is 2.03. The molecule has 1 aromatic rings. The summed E-state index contributed by atoms with van der Waals surface area (Å²) in [7, 11) is 0. The maximum Gasteiger partial charge on any atom is 0.219 e. The number of hydrogen-bond acceptors (Lipinski definition) is 1. The molecule has 12 heavy (non-hydrogen) atoms. The molecule has 0 aliphatic carbocycles. The van der Waals surface area contributed by atoms with Crippen molar-refractivity contribution in [2.75, 3.05) is 0 Å². The average Bonchev–Trinajstić information content (AvgIpc) is 2.05. The summed E-state index contributed by atoms with van der Waals surface area (Å²) in [4.78, 5) is 0. The van der Waals surface area contributed by atoms with E-state index in [9.17, 15) is 5.21 Å². The molecule has 0 aliphatic heterocycles. The summed E-state index contributed by atoms with van der Waals surface area (Å²) < 4.78 is 0.890. The van der Waals surface area contributed by atoms with Crippen molar-refractivity contribution in [3.05, 3.63) is 41.4 Å². The van der Waals surface area contributed by atoms with E-state index in [1.54, 1.807) is 6.07 Å². The summed E-state index contributed by atoms with van der Waals surface area (Å²) in [5.74, 6) is 0. The number of aromatic nitrogens is 1. The normalized spacial score (nSPS) is 11.7. The lowest BCUT2D eigenvalue weighted by atomic mass is 10.1. The zero-order valence-electron chi connectivity index (χ0n) is 7.45. The van der Waals surface area contributed by atoms with Gasteiger partial charge in [0.05, 0.1) is 0 Å². The highest BCUT2D eigenvalue weighted by Crippen LogP contribution is 2.08. The summed E-state index contributed by atoms with van der Waals surface area (Å²) in [6.07, 6.45) is 4.52. The van der Waals surface area contributed by atoms with Crippen molar-refractivity contribution >= 4 is 5.57 Å². The highest BCUT2D eigenvalue weighted by molar-refractivity contribution is 5.57. The SMILES string of the molecule is CC/C=C(\C)c1cccc[n+]1[O-]. The van der Waals surface area contributed by atoms with Crippen LogP contribution < -0.4 is 4.73 Å². The first-order valence-corrected chi connectivity index (χ1v) is 4.11. The standard InChI is InChI=1S/C10H13NO/c1-3-6-9(2)10-7-4-5-8-11(10)12/h4-8H,3H2,1-2H3/b9-6+. The molecule has 2 nitrogen and oxygen atoms in total. The Bertz CT molecular complexity index is 292. The van der Waals surface area contributed by atoms with Gasteiger partial charge in [-0.2, -0.15) is 4.73 Å². The van der Waals surface area contributed by atoms with E-state index in [0.29, 0.717) is 0 Å². The van der Waals surface area contributed by atoms with E-state index in [-0.39, 0.29) is 0 Å². The zero-order chi connectivity index (χ0) is 8.97. The average molecular weight is 163 g/mol. The van der Waals surface area contributed by atoms with Crippen LogP contribution >= 0.6 is 0 Å². The molecule has 0 spiro atoms. The molecule has 0 fully saturated rings. The van der Waals surface area contributed by atoms with Crippen LogP contribution in [0.5, 0.6) is 0 Å². The van der Waals surface area contributed by atoms with Crippen LogP contribution in [0.4, 0.5) is 0 Å². The fourth-order valence-electron chi connectivity index (χ4n) is 1.14. The van der Waals surface area contributed by atoms with Crippen molar-refractivity contribution < 1.29 is 4.73 Å². The summed E-state index contributed by atoms with van der Waals surface area (Å²) in [5.41, 5.74) is 1.77. The van der Waals surface area contributed by atoms with Gasteiger partial charge in [-0.05, 0) is 19.4 Å². The Morgan fingerprint density at radius 3 is 2.92 bits per heavy atom. The topological polar surface area (TPSA) is 26.9 Å². The summed E-state index contributed by atoms with van der Waals surface area (Å²) >= 11 is 0. The molecular weight excluding hydrogens is 150 g/mol. The molecule has 2 heteroatoms. The van der Waals surface area contributed by atoms with Gasteiger partial charge in [-0.3, -0.25) is 0 Å². The molecule has 1 rings (SSSR count). The fourth-order valence-corrected chi connectivity index (χ4v) is 1.14. The van der Waals surface area contributed by atoms with Gasteiger partial charge in [0.25, 0.3) is 0 Å². The van der Waals surface area contributed by atoms with Crippen LogP contribution in [-0.4, -0.2) is 0 Å². The van der Waals surface area contributed by atoms with Crippen LogP contribution in [0.25, 0.3) is 5.57 Å². The Labute approximate surface area is 72.7 Å². The molecule has 0 bridgehead atoms. The molecule has 0 radical (unpaired) electrons. The maximum absolute atomic E-state index is 11.2. The van der Waals surface area contributed by atoms with Crippen LogP contribution in [0.1, 0.15) is 26.0 Å². The molecule has 0 saturated heterocycles. The Kier molecular flexibility index (Phi) is 2.86. The molecule has 0 amide bonds. The van der Waals surface area contributed by atoms with Gasteiger partial charge in [-0.15, -0.1) is 0 Å². The van der Waals surface area contributed by atoms with Crippen molar-refractivity contribution in [3.63, 3.8) is 0 Å². The molecule has 0 N–H and O–H groups in total. The van der Waals surface area contributed by atoms with E-state index in [4.69, 9.17) is 0 Å². The second-order valence-electron chi connectivity index (χ2n) is 2.71. The predicted molar refractivity (Wildman–Crippen MR) is 49.3 cm³/mol. The van der Waals surface area contributed by atoms with Crippen molar-refractivity contribution in [1.82, 2.24) is 0 Å². The first-order valence-electron chi connectivity index (χ1n) is 4.11. The van der Waals surface area contributed by atoms with Crippen LogP contribution in [-0.2, 0) is 0 Å². The van der Waals surface area contributed by atoms with Gasteiger partial charge in [-0.25, -0.2) is 0 Å². The largest absolute Gasteiger partial charge is 0.618 e. The zero-order valence-corrected chi connectivity index (χ0v) is 7.45. The first kappa shape index (κ1) is 8.78. The highest BCUT2D eigenvalue weighted by atomic mass is 16.5. The second kappa shape index (κ2) is 3.90. The summed E-state index contributed by atoms with van der Waals surface area (Å²) in [6.45, 7) is 4.01. The Morgan fingerprint density at radius 2 is 2.33 bits per heavy atom. The maximum atomic E-state index is 11.2. The number of allylic oxidation sites excluding steroid dienone is 2. The molecule has 64 valence electrons. The van der Waals surface area contributed by atoms with Gasteiger partial charge in [0, 0.05) is 17.7 Å². The fraction of sp³-hybridized carbons (Fsp3) is 0.300. The third-order valence-corrected chi connectivity index (χ3v) is 1.74. The van der Waals surface area contributed by atoms with E-state index < -0.39 is 0 Å². The Balaban J connectivity index is 3.02. The van der Waals surface area contributed by atoms with Gasteiger partial charge >= 0.3 is 0 Å². The first-order chi connectivity index (χ1) is 5.75. The van der Waals surface area contributed by atoms with E-state index in [2.05, 4.69) is 6.92 Å². The van der Waals surface area contributed by atoms with Crippen molar-refractivity contribution in [2.24, 2.45) is 0 Å². The third-order valence-electron chi connectivity index (χ3n) is 1.74. The Morgan fingerprint density at radius 1 is 1.58 bits per heavy atom. The minimum atomic E-state index is 0.736. The quantitative estimate of drug-likeness (QED) is 0.484. The van der Waals surface area contributed by atoms with Gasteiger partial charge in [0.1, 0.15) is 0 Å². The molecule has 0 unspecified atom stereocenters. The monoisotopic (exact) mass is 163 g/mol. The molecule has 1 aromatic heterocycles. The van der Waals surface area contributed by atoms with Gasteiger partial charge in [0.2, 0.25) is 5.69 Å². The number of nitrogens with zero attached hydrogens (tertiary/aromatic N) is 1. The van der Waals surface area contributed by atoms with Crippen LogP contribution in [0.2, 0.25) is 0 Å². The minimum Gasteiger partial charge on any atom is -0.618 e. The molecule has 0 saturated carbocycles. The number of rotatable bonds is 2. The van der Waals surface area contributed by atoms with Crippen molar-refractivity contribution in [2.45, 2.75) is 20.3 Å². The van der Waals surface area contributed by atoms with Crippen molar-refractivity contribution in [1.29, 1.82) is 0 Å². The summed E-state index contributed by atoms with van der Waals surface area (Å²) in [6, 6.07) is 5.43. The minimum absolute atomic E-state index is 0.736. The number of pyridine rings is 1. The van der Waals surface area contributed by atoms with E-state index >= 15 is 0 Å². The molecular formula is C10H13NO. The van der Waals surface area contributed by atoms with Crippen LogP contribution in [0, 0.1) is 5.21 Å². The second-order valence-corrected chi connectivity index (χ2v) is 2.71. The molecule has 0 aromatic carbocycles. The van der Waals surface area contributed by atoms with Crippen molar-refractivity contribution in [3.8, 4) is 0 Å². The lowest BCUT2D eigenvalue weighted by Crippen LogP contribution is -2.29. The molecule has 1 heterocycles. The lowest BCUT2D eigenvalue weighted by molar-refractivity contribution is -0.608. The number of hydrogen-bond donors (Lipinski definition) is 0. The van der Waals surface area contributed by atoms with Gasteiger partial charge in [0.15, 0.2) is 6.20 Å². The van der Waals surface area contributed by atoms with E-state index in [1.165, 1.54) is 6.20 Å². The van der Waals surface area contributed by atoms with Gasteiger partial charge in [-0.1, -0.05) is 13.0 Å². The van der Waals surface area contributed by atoms with E-state index in [1.807, 2.05) is 25.1 Å². The lowest BCUT2D eigenvalue weighted by Gasteiger charge is -2.02.